The summed E-state index contributed by atoms with van der Waals surface area (Å²) in [5.41, 5.74) is 0.870. The van der Waals surface area contributed by atoms with Crippen molar-refractivity contribution in [2.45, 2.75) is 6.92 Å². The van der Waals surface area contributed by atoms with Crippen LogP contribution in [0.1, 0.15) is 16.1 Å². The summed E-state index contributed by atoms with van der Waals surface area (Å²) in [7, 11) is 0. The maximum Gasteiger partial charge on any atom is 0.257 e. The van der Waals surface area contributed by atoms with Crippen molar-refractivity contribution < 1.29 is 9.32 Å². The van der Waals surface area contributed by atoms with E-state index in [0.717, 1.165) is 0 Å². The first-order chi connectivity index (χ1) is 11.5. The number of benzene rings is 1. The van der Waals surface area contributed by atoms with E-state index in [2.05, 4.69) is 20.8 Å². The molecular weight excluding hydrogens is 351 g/mol. The first-order valence-electron chi connectivity index (χ1n) is 6.94. The monoisotopic (exact) mass is 362 g/mol. The van der Waals surface area contributed by atoms with Gasteiger partial charge < -0.3 is 15.2 Å². The van der Waals surface area contributed by atoms with Crippen LogP contribution in [0.2, 0.25) is 10.0 Å². The Kier molecular flexibility index (Phi) is 4.69. The Labute approximate surface area is 147 Å². The molecule has 2 heterocycles. The van der Waals surface area contributed by atoms with E-state index in [9.17, 15) is 4.79 Å². The number of carbonyl (C=O) groups excluding carboxylic acids is 1. The minimum absolute atomic E-state index is 0.324. The lowest BCUT2D eigenvalue weighted by Gasteiger charge is -2.08. The van der Waals surface area contributed by atoms with E-state index in [1.807, 2.05) is 0 Å². The molecule has 3 aromatic rings. The summed E-state index contributed by atoms with van der Waals surface area (Å²) in [5, 5.41) is 10.4. The molecule has 3 rings (SSSR count). The number of rotatable bonds is 4. The number of anilines is 3. The van der Waals surface area contributed by atoms with Crippen molar-refractivity contribution in [2.75, 3.05) is 10.6 Å². The molecule has 122 valence electrons. The fourth-order valence-electron chi connectivity index (χ4n) is 1.94. The number of hydrogen-bond acceptors (Lipinski definition) is 5. The molecule has 6 nitrogen and oxygen atoms in total. The highest BCUT2D eigenvalue weighted by Gasteiger charge is 2.10. The van der Waals surface area contributed by atoms with E-state index < -0.39 is 0 Å². The van der Waals surface area contributed by atoms with Gasteiger partial charge in [-0.05, 0) is 37.3 Å². The van der Waals surface area contributed by atoms with Crippen LogP contribution >= 0.6 is 23.2 Å². The molecule has 24 heavy (non-hydrogen) atoms. The van der Waals surface area contributed by atoms with Crippen LogP contribution in [0.25, 0.3) is 0 Å². The maximum atomic E-state index is 12.2. The van der Waals surface area contributed by atoms with E-state index in [1.165, 1.54) is 6.20 Å². The standard InChI is InChI=1S/C16H12Cl2N4O2/c1-9-6-15(22-24-9)21-14-5-2-10(8-19-14)16(23)20-13-4-3-11(17)7-12(13)18/h2-8H,1H3,(H,20,23)(H,19,21,22). The van der Waals surface area contributed by atoms with Gasteiger partial charge >= 0.3 is 0 Å². The molecule has 0 unspecified atom stereocenters. The second-order valence-electron chi connectivity index (χ2n) is 4.96. The average molecular weight is 363 g/mol. The number of nitrogens with zero attached hydrogens (tertiary/aromatic N) is 2. The van der Waals surface area contributed by atoms with E-state index in [-0.39, 0.29) is 5.91 Å². The van der Waals surface area contributed by atoms with Crippen LogP contribution in [0.15, 0.2) is 47.1 Å². The van der Waals surface area contributed by atoms with Gasteiger partial charge in [0.05, 0.1) is 16.3 Å². The topological polar surface area (TPSA) is 80.0 Å². The Morgan fingerprint density at radius 2 is 1.96 bits per heavy atom. The predicted molar refractivity (Wildman–Crippen MR) is 93.2 cm³/mol. The quantitative estimate of drug-likeness (QED) is 0.704. The van der Waals surface area contributed by atoms with Gasteiger partial charge in [0, 0.05) is 17.3 Å². The van der Waals surface area contributed by atoms with Crippen LogP contribution in [0.5, 0.6) is 0 Å². The summed E-state index contributed by atoms with van der Waals surface area (Å²) in [6, 6.07) is 9.89. The highest BCUT2D eigenvalue weighted by molar-refractivity contribution is 6.36. The number of halogens is 2. The number of carbonyl (C=O) groups is 1. The van der Waals surface area contributed by atoms with Gasteiger partial charge in [-0.2, -0.15) is 0 Å². The molecule has 1 amide bonds. The zero-order chi connectivity index (χ0) is 17.1. The summed E-state index contributed by atoms with van der Waals surface area (Å²) in [6.45, 7) is 1.79. The minimum Gasteiger partial charge on any atom is -0.360 e. The predicted octanol–water partition coefficient (Wildman–Crippen LogP) is 4.68. The minimum atomic E-state index is -0.324. The number of nitrogens with one attached hydrogen (secondary N) is 2. The molecular formula is C16H12Cl2N4O2. The summed E-state index contributed by atoms with van der Waals surface area (Å²) in [5.74, 6) is 1.46. The van der Waals surface area contributed by atoms with Crippen molar-refractivity contribution in [1.29, 1.82) is 0 Å². The summed E-state index contributed by atoms with van der Waals surface area (Å²) in [4.78, 5) is 16.4. The molecule has 0 bridgehead atoms. The molecule has 0 aliphatic carbocycles. The van der Waals surface area contributed by atoms with Gasteiger partial charge in [-0.15, -0.1) is 0 Å². The van der Waals surface area contributed by atoms with Gasteiger partial charge in [-0.3, -0.25) is 4.79 Å². The van der Waals surface area contributed by atoms with Crippen molar-refractivity contribution in [3.05, 3.63) is 64.0 Å². The molecule has 0 radical (unpaired) electrons. The average Bonchev–Trinajstić information content (AvgIpc) is 2.96. The van der Waals surface area contributed by atoms with E-state index >= 15 is 0 Å². The Morgan fingerprint density at radius 1 is 1.12 bits per heavy atom. The molecule has 0 atom stereocenters. The van der Waals surface area contributed by atoms with Crippen molar-refractivity contribution >= 4 is 46.4 Å². The Hall–Kier alpha value is -2.57. The molecule has 2 N–H and O–H groups in total. The Balaban J connectivity index is 1.69. The van der Waals surface area contributed by atoms with Crippen molar-refractivity contribution in [1.82, 2.24) is 10.1 Å². The van der Waals surface area contributed by atoms with Gasteiger partial charge in [0.1, 0.15) is 11.6 Å². The number of aromatic nitrogens is 2. The van der Waals surface area contributed by atoms with Crippen molar-refractivity contribution in [2.24, 2.45) is 0 Å². The summed E-state index contributed by atoms with van der Waals surface area (Å²) in [6.07, 6.45) is 1.45. The second-order valence-corrected chi connectivity index (χ2v) is 5.80. The highest BCUT2D eigenvalue weighted by atomic mass is 35.5. The van der Waals surface area contributed by atoms with Crippen LogP contribution in [0, 0.1) is 6.92 Å². The highest BCUT2D eigenvalue weighted by Crippen LogP contribution is 2.25. The van der Waals surface area contributed by atoms with Gasteiger partial charge in [0.25, 0.3) is 5.91 Å². The lowest BCUT2D eigenvalue weighted by molar-refractivity contribution is 0.102. The Bertz CT molecular complexity index is 878. The van der Waals surface area contributed by atoms with Crippen molar-refractivity contribution in [3.63, 3.8) is 0 Å². The number of hydrogen-bond donors (Lipinski definition) is 2. The van der Waals surface area contributed by atoms with Gasteiger partial charge in [-0.1, -0.05) is 28.4 Å². The SMILES string of the molecule is Cc1cc(Nc2ccc(C(=O)Nc3ccc(Cl)cc3Cl)cn2)no1. The molecule has 2 aromatic heterocycles. The third kappa shape index (κ3) is 3.84. The number of pyridine rings is 1. The molecule has 0 saturated heterocycles. The smallest absolute Gasteiger partial charge is 0.257 e. The third-order valence-corrected chi connectivity index (χ3v) is 3.64. The number of amides is 1. The molecule has 8 heteroatoms. The van der Waals surface area contributed by atoms with Gasteiger partial charge in [-0.25, -0.2) is 4.98 Å². The van der Waals surface area contributed by atoms with Crippen LogP contribution in [-0.4, -0.2) is 16.0 Å². The maximum absolute atomic E-state index is 12.2. The first kappa shape index (κ1) is 16.3. The van der Waals surface area contributed by atoms with Crippen LogP contribution in [0.3, 0.4) is 0 Å². The normalized spacial score (nSPS) is 10.5. The summed E-state index contributed by atoms with van der Waals surface area (Å²) < 4.78 is 4.96. The van der Waals surface area contributed by atoms with Crippen molar-refractivity contribution in [3.8, 4) is 0 Å². The fourth-order valence-corrected chi connectivity index (χ4v) is 2.40. The largest absolute Gasteiger partial charge is 0.360 e. The lowest BCUT2D eigenvalue weighted by atomic mass is 10.2. The van der Waals surface area contributed by atoms with E-state index in [0.29, 0.717) is 38.7 Å². The molecule has 0 aliphatic heterocycles. The lowest BCUT2D eigenvalue weighted by Crippen LogP contribution is -2.12. The number of aryl methyl sites for hydroxylation is 1. The Morgan fingerprint density at radius 3 is 2.58 bits per heavy atom. The summed E-state index contributed by atoms with van der Waals surface area (Å²) >= 11 is 11.9. The third-order valence-electron chi connectivity index (χ3n) is 3.09. The molecule has 0 aliphatic rings. The zero-order valence-corrected chi connectivity index (χ0v) is 14.0. The van der Waals surface area contributed by atoms with E-state index in [4.69, 9.17) is 27.7 Å². The van der Waals surface area contributed by atoms with Gasteiger partial charge in [0.2, 0.25) is 0 Å². The second kappa shape index (κ2) is 6.90. The molecule has 1 aromatic carbocycles. The van der Waals surface area contributed by atoms with Crippen LogP contribution in [-0.2, 0) is 0 Å². The van der Waals surface area contributed by atoms with Crippen LogP contribution in [0.4, 0.5) is 17.3 Å². The fraction of sp³-hybridized carbons (Fsp3) is 0.0625. The van der Waals surface area contributed by atoms with Crippen LogP contribution < -0.4 is 10.6 Å². The zero-order valence-electron chi connectivity index (χ0n) is 12.5. The van der Waals surface area contributed by atoms with Gasteiger partial charge in [0.15, 0.2) is 5.82 Å². The molecule has 0 saturated carbocycles. The van der Waals surface area contributed by atoms with E-state index in [1.54, 1.807) is 43.3 Å². The first-order valence-corrected chi connectivity index (χ1v) is 7.69. The molecule has 0 spiro atoms. The molecule has 0 fully saturated rings.